The number of ether oxygens (including phenoxy) is 1. The van der Waals surface area contributed by atoms with Gasteiger partial charge in [0.15, 0.2) is 0 Å². The molecule has 78 valence electrons. The van der Waals surface area contributed by atoms with Crippen LogP contribution in [0.5, 0.6) is 0 Å². The molecule has 0 N–H and O–H groups in total. The van der Waals surface area contributed by atoms with Crippen LogP contribution in [0.4, 0.5) is 0 Å². The monoisotopic (exact) mass is 195 g/mol. The molecular formula is C11H17NO2. The van der Waals surface area contributed by atoms with E-state index in [4.69, 9.17) is 4.74 Å². The average molecular weight is 195 g/mol. The van der Waals surface area contributed by atoms with E-state index in [-0.39, 0.29) is 17.6 Å². The Morgan fingerprint density at radius 3 is 2.86 bits per heavy atom. The average Bonchev–Trinajstić information content (AvgIpc) is 2.54. The largest absolute Gasteiger partial charge is 0.490 e. The fourth-order valence-corrected chi connectivity index (χ4v) is 2.08. The minimum Gasteiger partial charge on any atom is -0.490 e. The molecule has 2 rings (SSSR count). The molecule has 14 heavy (non-hydrogen) atoms. The van der Waals surface area contributed by atoms with Gasteiger partial charge in [-0.25, -0.2) is 0 Å². The summed E-state index contributed by atoms with van der Waals surface area (Å²) >= 11 is 0. The van der Waals surface area contributed by atoms with Crippen molar-refractivity contribution < 1.29 is 9.53 Å². The van der Waals surface area contributed by atoms with Crippen LogP contribution >= 0.6 is 0 Å². The summed E-state index contributed by atoms with van der Waals surface area (Å²) in [5.41, 5.74) is -0.204. The lowest BCUT2D eigenvalue weighted by Crippen LogP contribution is -2.31. The van der Waals surface area contributed by atoms with Crippen LogP contribution in [0.25, 0.3) is 0 Å². The van der Waals surface area contributed by atoms with Gasteiger partial charge in [-0.15, -0.1) is 0 Å². The van der Waals surface area contributed by atoms with Gasteiger partial charge in [0.1, 0.15) is 11.4 Å². The van der Waals surface area contributed by atoms with Gasteiger partial charge >= 0.3 is 0 Å². The molecule has 0 aromatic carbocycles. The first-order valence-electron chi connectivity index (χ1n) is 5.18. The zero-order valence-corrected chi connectivity index (χ0v) is 9.04. The van der Waals surface area contributed by atoms with Crippen LogP contribution in [0.2, 0.25) is 0 Å². The summed E-state index contributed by atoms with van der Waals surface area (Å²) in [6.45, 7) is 6.92. The second-order valence-corrected chi connectivity index (χ2v) is 4.95. The van der Waals surface area contributed by atoms with Gasteiger partial charge in [-0.3, -0.25) is 4.79 Å². The summed E-state index contributed by atoms with van der Waals surface area (Å²) in [6.07, 6.45) is 3.80. The maximum atomic E-state index is 11.5. The summed E-state index contributed by atoms with van der Waals surface area (Å²) in [5, 5.41) is 0. The van der Waals surface area contributed by atoms with Crippen LogP contribution in [0.1, 0.15) is 33.6 Å². The number of nitrogens with zero attached hydrogens (tertiary/aromatic N) is 1. The highest BCUT2D eigenvalue weighted by Crippen LogP contribution is 2.32. The van der Waals surface area contributed by atoms with Gasteiger partial charge in [0.25, 0.3) is 5.91 Å². The van der Waals surface area contributed by atoms with E-state index in [1.54, 1.807) is 6.08 Å². The van der Waals surface area contributed by atoms with Gasteiger partial charge in [-0.1, -0.05) is 0 Å². The van der Waals surface area contributed by atoms with Gasteiger partial charge in [0.05, 0.1) is 6.04 Å². The van der Waals surface area contributed by atoms with E-state index in [1.807, 2.05) is 25.7 Å². The molecule has 0 bridgehead atoms. The quantitative estimate of drug-likeness (QED) is 0.637. The van der Waals surface area contributed by atoms with E-state index in [1.165, 1.54) is 0 Å². The molecule has 1 unspecified atom stereocenters. The lowest BCUT2D eigenvalue weighted by molar-refractivity contribution is -0.125. The van der Waals surface area contributed by atoms with Gasteiger partial charge in [-0.05, 0) is 33.6 Å². The lowest BCUT2D eigenvalue weighted by Gasteiger charge is -2.26. The van der Waals surface area contributed by atoms with Crippen molar-refractivity contribution >= 4 is 5.91 Å². The Labute approximate surface area is 84.7 Å². The Kier molecular flexibility index (Phi) is 2.05. The Morgan fingerprint density at radius 2 is 2.21 bits per heavy atom. The van der Waals surface area contributed by atoms with Crippen molar-refractivity contribution in [2.75, 3.05) is 6.54 Å². The van der Waals surface area contributed by atoms with E-state index in [0.717, 1.165) is 25.1 Å². The van der Waals surface area contributed by atoms with Crippen molar-refractivity contribution in [3.8, 4) is 0 Å². The van der Waals surface area contributed by atoms with Crippen LogP contribution in [-0.2, 0) is 9.53 Å². The van der Waals surface area contributed by atoms with E-state index in [2.05, 4.69) is 0 Å². The van der Waals surface area contributed by atoms with Crippen LogP contribution < -0.4 is 0 Å². The van der Waals surface area contributed by atoms with Gasteiger partial charge in [-0.2, -0.15) is 0 Å². The first-order valence-corrected chi connectivity index (χ1v) is 5.18. The number of fused-ring (bicyclic) bond motifs is 1. The smallest absolute Gasteiger partial charge is 0.250 e. The first-order chi connectivity index (χ1) is 6.47. The first kappa shape index (κ1) is 9.56. The van der Waals surface area contributed by atoms with Crippen LogP contribution in [0, 0.1) is 0 Å². The maximum absolute atomic E-state index is 11.5. The third kappa shape index (κ3) is 1.63. The summed E-state index contributed by atoms with van der Waals surface area (Å²) in [6, 6.07) is 0.224. The number of hydrogen-bond donors (Lipinski definition) is 0. The number of carbonyl (C=O) groups is 1. The molecule has 0 saturated carbocycles. The van der Waals surface area contributed by atoms with Crippen molar-refractivity contribution in [3.05, 3.63) is 11.8 Å². The van der Waals surface area contributed by atoms with Crippen LogP contribution in [-0.4, -0.2) is 29.0 Å². The molecule has 1 atom stereocenters. The summed E-state index contributed by atoms with van der Waals surface area (Å²) in [4.78, 5) is 13.4. The third-order valence-corrected chi connectivity index (χ3v) is 2.55. The number of amides is 1. The predicted octanol–water partition coefficient (Wildman–Crippen LogP) is 1.69. The van der Waals surface area contributed by atoms with Crippen molar-refractivity contribution in [3.63, 3.8) is 0 Å². The molecule has 1 fully saturated rings. The molecule has 0 aromatic rings. The SMILES string of the molecule is CC(C)(C)OC1=CC(=O)N2CCCC12. The molecule has 0 aromatic heterocycles. The molecule has 0 spiro atoms. The summed E-state index contributed by atoms with van der Waals surface area (Å²) in [5.74, 6) is 0.978. The predicted molar refractivity (Wildman–Crippen MR) is 53.7 cm³/mol. The maximum Gasteiger partial charge on any atom is 0.250 e. The van der Waals surface area contributed by atoms with Crippen molar-refractivity contribution in [1.29, 1.82) is 0 Å². The van der Waals surface area contributed by atoms with Gasteiger partial charge in [0, 0.05) is 12.6 Å². The van der Waals surface area contributed by atoms with E-state index in [9.17, 15) is 4.79 Å². The molecule has 3 heteroatoms. The highest BCUT2D eigenvalue weighted by atomic mass is 16.5. The molecular weight excluding hydrogens is 178 g/mol. The van der Waals surface area contributed by atoms with Gasteiger partial charge < -0.3 is 9.64 Å². The van der Waals surface area contributed by atoms with E-state index >= 15 is 0 Å². The Morgan fingerprint density at radius 1 is 1.50 bits per heavy atom. The van der Waals surface area contributed by atoms with E-state index in [0.29, 0.717) is 0 Å². The zero-order valence-electron chi connectivity index (χ0n) is 9.04. The second-order valence-electron chi connectivity index (χ2n) is 4.95. The van der Waals surface area contributed by atoms with Crippen molar-refractivity contribution in [2.45, 2.75) is 45.3 Å². The Hall–Kier alpha value is -0.990. The number of carbonyl (C=O) groups excluding carboxylic acids is 1. The minimum atomic E-state index is -0.204. The normalized spacial score (nSPS) is 26.5. The number of hydrogen-bond acceptors (Lipinski definition) is 2. The summed E-state index contributed by atoms with van der Waals surface area (Å²) < 4.78 is 5.78. The molecule has 1 saturated heterocycles. The van der Waals surface area contributed by atoms with Crippen LogP contribution in [0.15, 0.2) is 11.8 Å². The van der Waals surface area contributed by atoms with Crippen molar-refractivity contribution in [2.24, 2.45) is 0 Å². The fraction of sp³-hybridized carbons (Fsp3) is 0.727. The minimum absolute atomic E-state index is 0.117. The highest BCUT2D eigenvalue weighted by molar-refractivity contribution is 5.91. The topological polar surface area (TPSA) is 29.5 Å². The highest BCUT2D eigenvalue weighted by Gasteiger charge is 2.38. The zero-order chi connectivity index (χ0) is 10.3. The van der Waals surface area contributed by atoms with Crippen molar-refractivity contribution in [1.82, 2.24) is 4.90 Å². The fourth-order valence-electron chi connectivity index (χ4n) is 2.08. The molecule has 2 aliphatic heterocycles. The van der Waals surface area contributed by atoms with Crippen LogP contribution in [0.3, 0.4) is 0 Å². The molecule has 0 radical (unpaired) electrons. The number of rotatable bonds is 1. The molecule has 1 amide bonds. The Bertz CT molecular complexity index is 288. The lowest BCUT2D eigenvalue weighted by atomic mass is 10.1. The molecule has 2 heterocycles. The molecule has 3 nitrogen and oxygen atoms in total. The molecule has 0 aliphatic carbocycles. The summed E-state index contributed by atoms with van der Waals surface area (Å²) in [7, 11) is 0. The molecule has 2 aliphatic rings. The van der Waals surface area contributed by atoms with Gasteiger partial charge in [0.2, 0.25) is 0 Å². The Balaban J connectivity index is 2.13. The van der Waals surface area contributed by atoms with E-state index < -0.39 is 0 Å². The third-order valence-electron chi connectivity index (χ3n) is 2.55. The standard InChI is InChI=1S/C11H17NO2/c1-11(2,3)14-9-7-10(13)12-6-4-5-8(9)12/h7-8H,4-6H2,1-3H3. The second kappa shape index (κ2) is 3.01.